The molecule has 3 rings (SSSR count). The summed E-state index contributed by atoms with van der Waals surface area (Å²) in [6.07, 6.45) is -1.43. The zero-order chi connectivity index (χ0) is 21.9. The molecule has 6 heteroatoms. The first-order valence-corrected chi connectivity index (χ1v) is 12.1. The second kappa shape index (κ2) is 8.86. The molecule has 160 valence electrons. The van der Waals surface area contributed by atoms with Crippen LogP contribution in [0.3, 0.4) is 0 Å². The van der Waals surface area contributed by atoms with Gasteiger partial charge in [0.2, 0.25) is 0 Å². The van der Waals surface area contributed by atoms with Crippen LogP contribution in [-0.4, -0.2) is 49.9 Å². The Hall–Kier alpha value is -2.25. The van der Waals surface area contributed by atoms with Crippen LogP contribution in [-0.2, 0) is 14.0 Å². The van der Waals surface area contributed by atoms with Crippen molar-refractivity contribution in [2.24, 2.45) is 0 Å². The van der Waals surface area contributed by atoms with Gasteiger partial charge in [0, 0.05) is 12.0 Å². The molecule has 2 N–H and O–H groups in total. The van der Waals surface area contributed by atoms with Crippen molar-refractivity contribution in [3.63, 3.8) is 0 Å². The number of esters is 1. The second-order valence-electron chi connectivity index (χ2n) is 8.69. The van der Waals surface area contributed by atoms with Crippen LogP contribution in [0, 0.1) is 0 Å². The first kappa shape index (κ1) is 22.4. The zero-order valence-corrected chi connectivity index (χ0v) is 18.9. The van der Waals surface area contributed by atoms with E-state index in [1.54, 1.807) is 6.08 Å². The Bertz CT molecular complexity index is 849. The van der Waals surface area contributed by atoms with E-state index in [2.05, 4.69) is 45.0 Å². The lowest BCUT2D eigenvalue weighted by atomic mass is 9.92. The highest BCUT2D eigenvalue weighted by molar-refractivity contribution is 6.99. The van der Waals surface area contributed by atoms with Crippen LogP contribution >= 0.6 is 0 Å². The molecular formula is C24H30O5Si. The van der Waals surface area contributed by atoms with E-state index in [4.69, 9.17) is 9.16 Å². The lowest BCUT2D eigenvalue weighted by molar-refractivity contribution is -0.137. The molecule has 30 heavy (non-hydrogen) atoms. The number of carbonyl (C=O) groups excluding carboxylic acids is 1. The molecule has 0 saturated heterocycles. The summed E-state index contributed by atoms with van der Waals surface area (Å²) in [4.78, 5) is 12.1. The number of hydrogen-bond donors (Lipinski definition) is 2. The predicted molar refractivity (Wildman–Crippen MR) is 119 cm³/mol. The molecule has 0 heterocycles. The van der Waals surface area contributed by atoms with Crippen LogP contribution in [0.2, 0.25) is 5.04 Å². The number of aliphatic hydroxyl groups excluding tert-OH is 2. The average Bonchev–Trinajstić information content (AvgIpc) is 2.74. The molecule has 3 atom stereocenters. The number of carbonyl (C=O) groups is 1. The minimum absolute atomic E-state index is 0.0362. The van der Waals surface area contributed by atoms with Gasteiger partial charge in [-0.05, 0) is 21.5 Å². The molecule has 2 aromatic carbocycles. The summed E-state index contributed by atoms with van der Waals surface area (Å²) in [6, 6.07) is 20.1. The molecule has 0 bridgehead atoms. The minimum Gasteiger partial charge on any atom is -0.466 e. The van der Waals surface area contributed by atoms with Crippen molar-refractivity contribution in [3.05, 3.63) is 72.3 Å². The first-order valence-electron chi connectivity index (χ1n) is 10.1. The molecule has 0 aromatic heterocycles. The van der Waals surface area contributed by atoms with E-state index in [0.717, 1.165) is 10.4 Å². The van der Waals surface area contributed by atoms with E-state index in [1.165, 1.54) is 7.11 Å². The Morgan fingerprint density at radius 3 is 1.90 bits per heavy atom. The summed E-state index contributed by atoms with van der Waals surface area (Å²) < 4.78 is 11.7. The maximum atomic E-state index is 12.1. The zero-order valence-electron chi connectivity index (χ0n) is 17.9. The summed E-state index contributed by atoms with van der Waals surface area (Å²) in [5.41, 5.74) is 0.318. The van der Waals surface area contributed by atoms with Crippen molar-refractivity contribution in [3.8, 4) is 0 Å². The maximum Gasteiger partial charge on any atom is 0.333 e. The molecule has 0 spiro atoms. The van der Waals surface area contributed by atoms with Gasteiger partial charge in [-0.25, -0.2) is 4.79 Å². The highest BCUT2D eigenvalue weighted by Crippen LogP contribution is 2.39. The number of benzene rings is 2. The highest BCUT2D eigenvalue weighted by Gasteiger charge is 2.52. The average molecular weight is 427 g/mol. The van der Waals surface area contributed by atoms with Crippen molar-refractivity contribution in [1.82, 2.24) is 0 Å². The smallest absolute Gasteiger partial charge is 0.333 e. The first-order chi connectivity index (χ1) is 14.2. The quantitative estimate of drug-likeness (QED) is 0.566. The van der Waals surface area contributed by atoms with Crippen molar-refractivity contribution in [2.75, 3.05) is 7.11 Å². The number of methoxy groups -OCH3 is 1. The van der Waals surface area contributed by atoms with E-state index >= 15 is 0 Å². The molecule has 0 fully saturated rings. The van der Waals surface area contributed by atoms with Gasteiger partial charge in [0.05, 0.1) is 19.3 Å². The molecule has 0 aliphatic heterocycles. The lowest BCUT2D eigenvalue weighted by Gasteiger charge is -2.46. The third kappa shape index (κ3) is 4.14. The molecule has 1 aliphatic rings. The topological polar surface area (TPSA) is 76.0 Å². The number of rotatable bonds is 5. The van der Waals surface area contributed by atoms with Gasteiger partial charge in [-0.2, -0.15) is 0 Å². The Kier molecular flexibility index (Phi) is 6.62. The monoisotopic (exact) mass is 426 g/mol. The van der Waals surface area contributed by atoms with Crippen molar-refractivity contribution in [1.29, 1.82) is 0 Å². The van der Waals surface area contributed by atoms with Crippen LogP contribution in [0.25, 0.3) is 0 Å². The van der Waals surface area contributed by atoms with Gasteiger partial charge in [-0.1, -0.05) is 81.4 Å². The van der Waals surface area contributed by atoms with E-state index in [9.17, 15) is 15.0 Å². The maximum absolute atomic E-state index is 12.1. The minimum atomic E-state index is -2.95. The van der Waals surface area contributed by atoms with Crippen LogP contribution in [0.5, 0.6) is 0 Å². The van der Waals surface area contributed by atoms with Gasteiger partial charge in [-0.3, -0.25) is 0 Å². The van der Waals surface area contributed by atoms with Gasteiger partial charge in [-0.15, -0.1) is 0 Å². The van der Waals surface area contributed by atoms with Gasteiger partial charge < -0.3 is 19.4 Å². The molecule has 0 unspecified atom stereocenters. The number of aliphatic hydroxyl groups is 2. The highest BCUT2D eigenvalue weighted by atomic mass is 28.4. The standard InChI is InChI=1S/C24H30O5Si/c1-24(2,3)30(18-11-7-5-8-12-18,19-13-9-6-10-14-19)29-21-16-17(23(27)28-4)15-20(25)22(21)26/h5-14,16,20-22,25-26H,15H2,1-4H3/t20-,21+,22-/m1/s1. The van der Waals surface area contributed by atoms with Crippen LogP contribution < -0.4 is 10.4 Å². The van der Waals surface area contributed by atoms with Gasteiger partial charge in [0.25, 0.3) is 8.32 Å². The second-order valence-corrected chi connectivity index (χ2v) is 12.9. The molecule has 5 nitrogen and oxygen atoms in total. The van der Waals surface area contributed by atoms with E-state index in [1.807, 2.05) is 36.4 Å². The van der Waals surface area contributed by atoms with Crippen molar-refractivity contribution in [2.45, 2.75) is 50.5 Å². The van der Waals surface area contributed by atoms with Gasteiger partial charge >= 0.3 is 5.97 Å². The molecule has 0 amide bonds. The summed E-state index contributed by atoms with van der Waals surface area (Å²) in [7, 11) is -1.65. The molecule has 0 saturated carbocycles. The largest absolute Gasteiger partial charge is 0.466 e. The van der Waals surface area contributed by atoms with Crippen molar-refractivity contribution >= 4 is 24.7 Å². The van der Waals surface area contributed by atoms with Gasteiger partial charge in [0.1, 0.15) is 6.10 Å². The number of hydrogen-bond acceptors (Lipinski definition) is 5. The summed E-state index contributed by atoms with van der Waals surface area (Å²) in [5.74, 6) is -0.517. The van der Waals surface area contributed by atoms with Gasteiger partial charge in [0.15, 0.2) is 0 Å². The summed E-state index contributed by atoms with van der Waals surface area (Å²) in [6.45, 7) is 6.40. The summed E-state index contributed by atoms with van der Waals surface area (Å²) >= 11 is 0. The third-order valence-electron chi connectivity index (χ3n) is 5.70. The fourth-order valence-electron chi connectivity index (χ4n) is 4.21. The lowest BCUT2D eigenvalue weighted by Crippen LogP contribution is -2.69. The van der Waals surface area contributed by atoms with E-state index < -0.39 is 32.6 Å². The van der Waals surface area contributed by atoms with Crippen LogP contribution in [0.1, 0.15) is 27.2 Å². The third-order valence-corrected chi connectivity index (χ3v) is 10.7. The Labute approximate surface area is 179 Å². The van der Waals surface area contributed by atoms with E-state index in [0.29, 0.717) is 5.57 Å². The normalized spacial score (nSPS) is 22.3. The Morgan fingerprint density at radius 2 is 1.47 bits per heavy atom. The van der Waals surface area contributed by atoms with Crippen LogP contribution in [0.15, 0.2) is 72.3 Å². The fourth-order valence-corrected chi connectivity index (χ4v) is 8.84. The molecule has 0 radical (unpaired) electrons. The SMILES string of the molecule is COC(=O)C1=C[C@H](O[Si](c2ccccc2)(c2ccccc2)C(C)(C)C)[C@H](O)[C@H](O)C1. The molecule has 2 aromatic rings. The predicted octanol–water partition coefficient (Wildman–Crippen LogP) is 2.16. The summed E-state index contributed by atoms with van der Waals surface area (Å²) in [5, 5.41) is 23.0. The fraction of sp³-hybridized carbons (Fsp3) is 0.375. The molecule has 1 aliphatic carbocycles. The number of ether oxygens (including phenoxy) is 1. The molecular weight excluding hydrogens is 396 g/mol. The Balaban J connectivity index is 2.19. The Morgan fingerprint density at radius 1 is 0.967 bits per heavy atom. The van der Waals surface area contributed by atoms with Crippen molar-refractivity contribution < 1.29 is 24.2 Å². The van der Waals surface area contributed by atoms with Crippen LogP contribution in [0.4, 0.5) is 0 Å². The van der Waals surface area contributed by atoms with E-state index in [-0.39, 0.29) is 11.5 Å².